The molecule has 0 aliphatic heterocycles. The van der Waals surface area contributed by atoms with E-state index in [0.717, 1.165) is 0 Å². The molecular formula is C14H19N3O2. The molecule has 102 valence electrons. The summed E-state index contributed by atoms with van der Waals surface area (Å²) in [5.74, 6) is 0.104. The fourth-order valence-electron chi connectivity index (χ4n) is 1.82. The zero-order valence-electron chi connectivity index (χ0n) is 11.4. The maximum absolute atomic E-state index is 12.2. The zero-order chi connectivity index (χ0) is 14.4. The Kier molecular flexibility index (Phi) is 5.34. The number of para-hydroxylation sites is 1. The van der Waals surface area contributed by atoms with Gasteiger partial charge in [-0.05, 0) is 18.1 Å². The lowest BCUT2D eigenvalue weighted by Crippen LogP contribution is -2.33. The molecule has 0 saturated carbocycles. The normalized spacial score (nSPS) is 11.8. The van der Waals surface area contributed by atoms with Gasteiger partial charge >= 0.3 is 0 Å². The lowest BCUT2D eigenvalue weighted by molar-refractivity contribution is -0.120. The number of rotatable bonds is 5. The number of benzene rings is 1. The van der Waals surface area contributed by atoms with E-state index < -0.39 is 0 Å². The standard InChI is InChI=1S/C14H19N3O2/c1-9(2)11(8-16)14(18)17-13-10(7-15)5-4-6-12(13)19-3/h4-6,9,11H,8,16H2,1-3H3,(H,17,18). The molecule has 0 spiro atoms. The van der Waals surface area contributed by atoms with Gasteiger partial charge in [-0.3, -0.25) is 4.79 Å². The van der Waals surface area contributed by atoms with Gasteiger partial charge in [0.05, 0.1) is 18.6 Å². The van der Waals surface area contributed by atoms with Gasteiger partial charge in [0.15, 0.2) is 0 Å². The molecular weight excluding hydrogens is 242 g/mol. The number of methoxy groups -OCH3 is 1. The van der Waals surface area contributed by atoms with E-state index in [1.165, 1.54) is 7.11 Å². The highest BCUT2D eigenvalue weighted by atomic mass is 16.5. The van der Waals surface area contributed by atoms with Crippen molar-refractivity contribution in [2.45, 2.75) is 13.8 Å². The molecule has 0 aliphatic carbocycles. The summed E-state index contributed by atoms with van der Waals surface area (Å²) in [6.07, 6.45) is 0. The average molecular weight is 261 g/mol. The number of hydrogen-bond acceptors (Lipinski definition) is 4. The maximum atomic E-state index is 12.2. The van der Waals surface area contributed by atoms with E-state index in [1.807, 2.05) is 19.9 Å². The van der Waals surface area contributed by atoms with E-state index in [4.69, 9.17) is 15.7 Å². The second-order valence-electron chi connectivity index (χ2n) is 4.57. The SMILES string of the molecule is COc1cccc(C#N)c1NC(=O)C(CN)C(C)C. The molecule has 5 nitrogen and oxygen atoms in total. The van der Waals surface area contributed by atoms with Gasteiger partial charge in [-0.25, -0.2) is 0 Å². The lowest BCUT2D eigenvalue weighted by atomic mass is 9.95. The number of nitriles is 1. The topological polar surface area (TPSA) is 88.1 Å². The molecule has 0 aliphatic rings. The lowest BCUT2D eigenvalue weighted by Gasteiger charge is -2.19. The second-order valence-corrected chi connectivity index (χ2v) is 4.57. The molecule has 1 unspecified atom stereocenters. The van der Waals surface area contributed by atoms with Crippen molar-refractivity contribution in [1.82, 2.24) is 0 Å². The van der Waals surface area contributed by atoms with Gasteiger partial charge in [0.1, 0.15) is 17.5 Å². The quantitative estimate of drug-likeness (QED) is 0.845. The van der Waals surface area contributed by atoms with Crippen LogP contribution in [0.2, 0.25) is 0 Å². The number of ether oxygens (including phenoxy) is 1. The first-order valence-electron chi connectivity index (χ1n) is 6.13. The van der Waals surface area contributed by atoms with Crippen molar-refractivity contribution >= 4 is 11.6 Å². The molecule has 0 aromatic heterocycles. The van der Waals surface area contributed by atoms with E-state index >= 15 is 0 Å². The number of carbonyl (C=O) groups excluding carboxylic acids is 1. The summed E-state index contributed by atoms with van der Waals surface area (Å²) in [5.41, 5.74) is 6.38. The largest absolute Gasteiger partial charge is 0.495 e. The molecule has 0 heterocycles. The van der Waals surface area contributed by atoms with Crippen LogP contribution in [-0.4, -0.2) is 19.6 Å². The Hall–Kier alpha value is -2.06. The Balaban J connectivity index is 3.05. The summed E-state index contributed by atoms with van der Waals surface area (Å²) < 4.78 is 5.17. The van der Waals surface area contributed by atoms with Crippen LogP contribution in [-0.2, 0) is 4.79 Å². The van der Waals surface area contributed by atoms with Crippen molar-refractivity contribution in [2.75, 3.05) is 19.0 Å². The molecule has 5 heteroatoms. The summed E-state index contributed by atoms with van der Waals surface area (Å²) in [6.45, 7) is 4.13. The first-order valence-corrected chi connectivity index (χ1v) is 6.13. The van der Waals surface area contributed by atoms with E-state index in [9.17, 15) is 4.79 Å². The third-order valence-electron chi connectivity index (χ3n) is 3.01. The smallest absolute Gasteiger partial charge is 0.229 e. The van der Waals surface area contributed by atoms with E-state index in [-0.39, 0.29) is 24.3 Å². The van der Waals surface area contributed by atoms with Crippen LogP contribution >= 0.6 is 0 Å². The molecule has 0 radical (unpaired) electrons. The molecule has 1 aromatic rings. The first-order chi connectivity index (χ1) is 9.04. The van der Waals surface area contributed by atoms with Gasteiger partial charge in [0.2, 0.25) is 5.91 Å². The first kappa shape index (κ1) is 15.0. The number of nitrogens with one attached hydrogen (secondary N) is 1. The Labute approximate surface area is 113 Å². The molecule has 1 atom stereocenters. The van der Waals surface area contributed by atoms with Crippen molar-refractivity contribution in [2.24, 2.45) is 17.6 Å². The minimum atomic E-state index is -0.295. The fourth-order valence-corrected chi connectivity index (χ4v) is 1.82. The molecule has 1 amide bonds. The van der Waals surface area contributed by atoms with Crippen LogP contribution in [0.1, 0.15) is 19.4 Å². The third kappa shape index (κ3) is 3.46. The van der Waals surface area contributed by atoms with E-state index in [2.05, 4.69) is 5.32 Å². The summed E-state index contributed by atoms with van der Waals surface area (Å²) in [6, 6.07) is 7.07. The predicted molar refractivity (Wildman–Crippen MR) is 73.7 cm³/mol. The van der Waals surface area contributed by atoms with Gasteiger partial charge in [-0.15, -0.1) is 0 Å². The molecule has 19 heavy (non-hydrogen) atoms. The van der Waals surface area contributed by atoms with E-state index in [0.29, 0.717) is 17.0 Å². The van der Waals surface area contributed by atoms with Crippen LogP contribution in [0.25, 0.3) is 0 Å². The van der Waals surface area contributed by atoms with Crippen LogP contribution in [0, 0.1) is 23.2 Å². The van der Waals surface area contributed by atoms with Crippen LogP contribution in [0.3, 0.4) is 0 Å². The summed E-state index contributed by atoms with van der Waals surface area (Å²) >= 11 is 0. The predicted octanol–water partition coefficient (Wildman–Crippen LogP) is 1.74. The summed E-state index contributed by atoms with van der Waals surface area (Å²) in [7, 11) is 1.50. The minimum Gasteiger partial charge on any atom is -0.495 e. The van der Waals surface area contributed by atoms with Crippen LogP contribution < -0.4 is 15.8 Å². The van der Waals surface area contributed by atoms with Gasteiger partial charge in [0, 0.05) is 6.54 Å². The molecule has 0 fully saturated rings. The maximum Gasteiger partial charge on any atom is 0.229 e. The highest BCUT2D eigenvalue weighted by molar-refractivity contribution is 5.95. The van der Waals surface area contributed by atoms with Gasteiger partial charge in [-0.1, -0.05) is 19.9 Å². The van der Waals surface area contributed by atoms with Crippen molar-refractivity contribution in [1.29, 1.82) is 5.26 Å². The van der Waals surface area contributed by atoms with Crippen molar-refractivity contribution in [3.8, 4) is 11.8 Å². The van der Waals surface area contributed by atoms with Gasteiger partial charge in [0.25, 0.3) is 0 Å². The number of anilines is 1. The molecule has 3 N–H and O–H groups in total. The minimum absolute atomic E-state index is 0.130. The fraction of sp³-hybridized carbons (Fsp3) is 0.429. The Morgan fingerprint density at radius 1 is 1.53 bits per heavy atom. The number of amides is 1. The van der Waals surface area contributed by atoms with Crippen molar-refractivity contribution < 1.29 is 9.53 Å². The molecule has 1 aromatic carbocycles. The summed E-state index contributed by atoms with van der Waals surface area (Å²) in [5, 5.41) is 11.8. The number of nitrogens with zero attached hydrogens (tertiary/aromatic N) is 1. The van der Waals surface area contributed by atoms with Gasteiger partial charge < -0.3 is 15.8 Å². The molecule has 0 bridgehead atoms. The number of carbonyl (C=O) groups is 1. The average Bonchev–Trinajstić information content (AvgIpc) is 2.39. The Morgan fingerprint density at radius 2 is 2.21 bits per heavy atom. The second kappa shape index (κ2) is 6.76. The summed E-state index contributed by atoms with van der Waals surface area (Å²) in [4.78, 5) is 12.2. The van der Waals surface area contributed by atoms with Crippen molar-refractivity contribution in [3.63, 3.8) is 0 Å². The Morgan fingerprint density at radius 3 is 2.68 bits per heavy atom. The van der Waals surface area contributed by atoms with Gasteiger partial charge in [-0.2, -0.15) is 5.26 Å². The van der Waals surface area contributed by atoms with Crippen LogP contribution in [0.4, 0.5) is 5.69 Å². The highest BCUT2D eigenvalue weighted by Gasteiger charge is 2.22. The number of nitrogens with two attached hydrogens (primary N) is 1. The Bertz CT molecular complexity index is 492. The van der Waals surface area contributed by atoms with Crippen LogP contribution in [0.15, 0.2) is 18.2 Å². The van der Waals surface area contributed by atoms with E-state index in [1.54, 1.807) is 18.2 Å². The molecule has 0 saturated heterocycles. The van der Waals surface area contributed by atoms with Crippen molar-refractivity contribution in [3.05, 3.63) is 23.8 Å². The zero-order valence-corrected chi connectivity index (χ0v) is 11.4. The molecule has 1 rings (SSSR count). The third-order valence-corrected chi connectivity index (χ3v) is 3.01. The van der Waals surface area contributed by atoms with Crippen LogP contribution in [0.5, 0.6) is 5.75 Å². The monoisotopic (exact) mass is 261 g/mol. The number of hydrogen-bond donors (Lipinski definition) is 2. The highest BCUT2D eigenvalue weighted by Crippen LogP contribution is 2.28.